The van der Waals surface area contributed by atoms with Gasteiger partial charge in [0.25, 0.3) is 12.0 Å². The molecule has 0 atom stereocenters. The van der Waals surface area contributed by atoms with Gasteiger partial charge in [0.15, 0.2) is 0 Å². The van der Waals surface area contributed by atoms with Gasteiger partial charge in [-0.25, -0.2) is 13.6 Å². The molecule has 1 rings (SSSR count). The maximum atomic E-state index is 12.7. The third-order valence-electron chi connectivity index (χ3n) is 2.10. The van der Waals surface area contributed by atoms with Crippen molar-refractivity contribution in [1.82, 2.24) is 4.98 Å². The van der Waals surface area contributed by atoms with Gasteiger partial charge >= 0.3 is 5.97 Å². The Morgan fingerprint density at radius 2 is 2.19 bits per heavy atom. The van der Waals surface area contributed by atoms with Gasteiger partial charge in [-0.1, -0.05) is 0 Å². The highest BCUT2D eigenvalue weighted by Crippen LogP contribution is 2.24. The number of alkyl halides is 2. The van der Waals surface area contributed by atoms with E-state index in [1.165, 1.54) is 6.92 Å². The molecule has 0 fully saturated rings. The molecular weight excluding hydrogens is 220 g/mol. The van der Waals surface area contributed by atoms with Crippen LogP contribution in [0.2, 0.25) is 0 Å². The molecule has 0 amide bonds. The molecule has 1 N–H and O–H groups in total. The van der Waals surface area contributed by atoms with Crippen LogP contribution in [-0.4, -0.2) is 17.6 Å². The van der Waals surface area contributed by atoms with E-state index in [4.69, 9.17) is 0 Å². The summed E-state index contributed by atoms with van der Waals surface area (Å²) < 4.78 is 30.0. The molecular formula is C10H11F2NO3. The van der Waals surface area contributed by atoms with Crippen molar-refractivity contribution in [3.63, 3.8) is 0 Å². The highest BCUT2D eigenvalue weighted by Gasteiger charge is 2.23. The Morgan fingerprint density at radius 1 is 1.56 bits per heavy atom. The van der Waals surface area contributed by atoms with Crippen LogP contribution >= 0.6 is 0 Å². The number of esters is 1. The average Bonchev–Trinajstić information content (AvgIpc) is 2.21. The van der Waals surface area contributed by atoms with Crippen LogP contribution in [0.3, 0.4) is 0 Å². The number of hydrogen-bond donors (Lipinski definition) is 1. The number of carbonyl (C=O) groups is 1. The number of H-pyrrole nitrogens is 1. The van der Waals surface area contributed by atoms with Crippen molar-refractivity contribution in [2.24, 2.45) is 0 Å². The second kappa shape index (κ2) is 4.87. The van der Waals surface area contributed by atoms with Crippen LogP contribution in [0.25, 0.3) is 0 Å². The van der Waals surface area contributed by atoms with E-state index < -0.39 is 23.5 Å². The van der Waals surface area contributed by atoms with Gasteiger partial charge in [-0.3, -0.25) is 4.79 Å². The van der Waals surface area contributed by atoms with Crippen molar-refractivity contribution in [2.45, 2.75) is 20.3 Å². The smallest absolute Gasteiger partial charge is 0.340 e. The molecule has 1 aromatic heterocycles. The molecule has 4 nitrogen and oxygen atoms in total. The summed E-state index contributed by atoms with van der Waals surface area (Å²) in [7, 11) is 0. The van der Waals surface area contributed by atoms with Gasteiger partial charge in [-0.15, -0.1) is 0 Å². The summed E-state index contributed by atoms with van der Waals surface area (Å²) >= 11 is 0. The van der Waals surface area contributed by atoms with Crippen LogP contribution < -0.4 is 5.56 Å². The molecule has 6 heteroatoms. The van der Waals surface area contributed by atoms with Crippen molar-refractivity contribution in [1.29, 1.82) is 0 Å². The normalized spacial score (nSPS) is 10.6. The number of pyridine rings is 1. The quantitative estimate of drug-likeness (QED) is 0.807. The number of carbonyl (C=O) groups excluding carboxylic acids is 1. The monoisotopic (exact) mass is 231 g/mol. The highest BCUT2D eigenvalue weighted by atomic mass is 19.3. The Labute approximate surface area is 90.2 Å². The van der Waals surface area contributed by atoms with Gasteiger partial charge in [-0.2, -0.15) is 0 Å². The number of aromatic amines is 1. The molecule has 16 heavy (non-hydrogen) atoms. The Morgan fingerprint density at radius 3 is 2.69 bits per heavy atom. The lowest BCUT2D eigenvalue weighted by molar-refractivity contribution is 0.0514. The molecule has 1 heterocycles. The van der Waals surface area contributed by atoms with E-state index in [9.17, 15) is 18.4 Å². The summed E-state index contributed by atoms with van der Waals surface area (Å²) in [6.07, 6.45) is -1.93. The van der Waals surface area contributed by atoms with E-state index in [-0.39, 0.29) is 17.7 Å². The molecule has 0 radical (unpaired) electrons. The minimum atomic E-state index is -2.89. The second-order valence-electron chi connectivity index (χ2n) is 3.09. The second-order valence-corrected chi connectivity index (χ2v) is 3.09. The molecule has 0 saturated carbocycles. The highest BCUT2D eigenvalue weighted by molar-refractivity contribution is 5.91. The maximum absolute atomic E-state index is 12.7. The summed E-state index contributed by atoms with van der Waals surface area (Å²) in [4.78, 5) is 24.7. The molecule has 0 aliphatic heterocycles. The van der Waals surface area contributed by atoms with Crippen molar-refractivity contribution >= 4 is 5.97 Å². The molecule has 0 bridgehead atoms. The largest absolute Gasteiger partial charge is 0.462 e. The number of nitrogens with one attached hydrogen (secondary N) is 1. The zero-order valence-electron chi connectivity index (χ0n) is 8.84. The maximum Gasteiger partial charge on any atom is 0.340 e. The van der Waals surface area contributed by atoms with E-state index in [0.717, 1.165) is 6.20 Å². The fraction of sp³-hybridized carbons (Fsp3) is 0.400. The molecule has 0 spiro atoms. The molecule has 1 aromatic rings. The summed E-state index contributed by atoms with van der Waals surface area (Å²) in [5.74, 6) is -0.864. The number of hydrogen-bond acceptors (Lipinski definition) is 3. The standard InChI is InChI=1S/C10H11F2NO3/c1-3-16-10(15)6-4-13-9(14)5(2)7(6)8(11)12/h4,8H,3H2,1-2H3,(H,13,14). The minimum Gasteiger partial charge on any atom is -0.462 e. The first-order chi connectivity index (χ1) is 7.49. The summed E-state index contributed by atoms with van der Waals surface area (Å²) in [6.45, 7) is 2.89. The van der Waals surface area contributed by atoms with Gasteiger partial charge in [0.05, 0.1) is 12.2 Å². The first kappa shape index (κ1) is 12.4. The van der Waals surface area contributed by atoms with E-state index in [2.05, 4.69) is 9.72 Å². The van der Waals surface area contributed by atoms with Crippen LogP contribution in [0.15, 0.2) is 11.0 Å². The fourth-order valence-electron chi connectivity index (χ4n) is 1.31. The predicted molar refractivity (Wildman–Crippen MR) is 52.7 cm³/mol. The molecule has 0 saturated heterocycles. The fourth-order valence-corrected chi connectivity index (χ4v) is 1.31. The lowest BCUT2D eigenvalue weighted by Crippen LogP contribution is -2.18. The average molecular weight is 231 g/mol. The van der Waals surface area contributed by atoms with Crippen molar-refractivity contribution in [3.05, 3.63) is 33.2 Å². The third-order valence-corrected chi connectivity index (χ3v) is 2.10. The topological polar surface area (TPSA) is 59.2 Å². The molecule has 88 valence electrons. The van der Waals surface area contributed by atoms with Crippen LogP contribution in [0.1, 0.15) is 34.8 Å². The first-order valence-electron chi connectivity index (χ1n) is 4.66. The van der Waals surface area contributed by atoms with Crippen molar-refractivity contribution in [2.75, 3.05) is 6.61 Å². The van der Waals surface area contributed by atoms with Crippen molar-refractivity contribution < 1.29 is 18.3 Å². The molecule has 0 aliphatic carbocycles. The lowest BCUT2D eigenvalue weighted by atomic mass is 10.1. The van der Waals surface area contributed by atoms with E-state index in [1.54, 1.807) is 6.92 Å². The Kier molecular flexibility index (Phi) is 3.76. The Bertz CT molecular complexity index is 454. The summed E-state index contributed by atoms with van der Waals surface area (Å²) in [5, 5.41) is 0. The number of aromatic nitrogens is 1. The number of ether oxygens (including phenoxy) is 1. The van der Waals surface area contributed by atoms with E-state index in [1.807, 2.05) is 0 Å². The molecule has 0 unspecified atom stereocenters. The Balaban J connectivity index is 3.34. The van der Waals surface area contributed by atoms with Crippen LogP contribution in [0.5, 0.6) is 0 Å². The van der Waals surface area contributed by atoms with Crippen LogP contribution in [-0.2, 0) is 4.74 Å². The predicted octanol–water partition coefficient (Wildman–Crippen LogP) is 1.80. The van der Waals surface area contributed by atoms with Gasteiger partial charge in [0.1, 0.15) is 0 Å². The zero-order chi connectivity index (χ0) is 12.3. The Hall–Kier alpha value is -1.72. The number of halogens is 2. The third kappa shape index (κ3) is 2.26. The zero-order valence-corrected chi connectivity index (χ0v) is 8.84. The first-order valence-corrected chi connectivity index (χ1v) is 4.66. The summed E-state index contributed by atoms with van der Waals surface area (Å²) in [5.41, 5.74) is -1.67. The SMILES string of the molecule is CCOC(=O)c1c[nH]c(=O)c(C)c1C(F)F. The van der Waals surface area contributed by atoms with Gasteiger partial charge in [0.2, 0.25) is 0 Å². The van der Waals surface area contributed by atoms with Crippen molar-refractivity contribution in [3.8, 4) is 0 Å². The van der Waals surface area contributed by atoms with Gasteiger partial charge < -0.3 is 9.72 Å². The minimum absolute atomic E-state index is 0.0830. The van der Waals surface area contributed by atoms with Gasteiger partial charge in [-0.05, 0) is 13.8 Å². The molecule has 0 aromatic carbocycles. The van der Waals surface area contributed by atoms with Crippen LogP contribution in [0, 0.1) is 6.92 Å². The van der Waals surface area contributed by atoms with Crippen LogP contribution in [0.4, 0.5) is 8.78 Å². The van der Waals surface area contributed by atoms with E-state index in [0.29, 0.717) is 0 Å². The van der Waals surface area contributed by atoms with E-state index >= 15 is 0 Å². The van der Waals surface area contributed by atoms with Gasteiger partial charge in [0, 0.05) is 17.3 Å². The summed E-state index contributed by atoms with van der Waals surface area (Å²) in [6, 6.07) is 0. The lowest BCUT2D eigenvalue weighted by Gasteiger charge is -2.09. The molecule has 0 aliphatic rings. The number of rotatable bonds is 3.